The van der Waals surface area contributed by atoms with Crippen molar-refractivity contribution in [2.24, 2.45) is 0 Å². The fourth-order valence-corrected chi connectivity index (χ4v) is 4.69. The van der Waals surface area contributed by atoms with Gasteiger partial charge in [-0.1, -0.05) is 42.0 Å². The molecule has 2 aromatic carbocycles. The number of nitrogens with one attached hydrogen (secondary N) is 2. The zero-order valence-corrected chi connectivity index (χ0v) is 25.1. The highest BCUT2D eigenvalue weighted by Crippen LogP contribution is 2.34. The highest BCUT2D eigenvalue weighted by Gasteiger charge is 2.42. The second-order valence-electron chi connectivity index (χ2n) is 11.6. The molecule has 10 heteroatoms. The zero-order chi connectivity index (χ0) is 30.9. The van der Waals surface area contributed by atoms with Gasteiger partial charge in [-0.2, -0.15) is 0 Å². The molecule has 0 bridgehead atoms. The summed E-state index contributed by atoms with van der Waals surface area (Å²) in [5.41, 5.74) is 1.54. The average Bonchev–Trinajstić information content (AvgIpc) is 2.88. The van der Waals surface area contributed by atoms with Gasteiger partial charge in [-0.05, 0) is 77.1 Å². The SMILES string of the molecule is CCOC(=O)CCNC(=O)C(c1ccc(C)cc1)N(C(=O)C(Cc1ccc(O)cc1)NC(=O)OC(C)(C)C)C1CCC1. The molecular weight excluding hydrogens is 538 g/mol. The third kappa shape index (κ3) is 9.49. The molecule has 3 amide bonds. The van der Waals surface area contributed by atoms with E-state index in [0.29, 0.717) is 24.0 Å². The highest BCUT2D eigenvalue weighted by atomic mass is 16.6. The average molecular weight is 582 g/mol. The quantitative estimate of drug-likeness (QED) is 0.318. The van der Waals surface area contributed by atoms with E-state index in [1.54, 1.807) is 44.7 Å². The zero-order valence-electron chi connectivity index (χ0n) is 25.1. The van der Waals surface area contributed by atoms with Crippen molar-refractivity contribution < 1.29 is 33.8 Å². The predicted octanol–water partition coefficient (Wildman–Crippen LogP) is 4.33. The molecule has 228 valence electrons. The molecule has 0 aromatic heterocycles. The van der Waals surface area contributed by atoms with Gasteiger partial charge in [0.1, 0.15) is 23.4 Å². The molecule has 0 radical (unpaired) electrons. The van der Waals surface area contributed by atoms with Crippen LogP contribution in [0.4, 0.5) is 4.79 Å². The summed E-state index contributed by atoms with van der Waals surface area (Å²) in [5.74, 6) is -1.20. The third-order valence-corrected chi connectivity index (χ3v) is 6.94. The van der Waals surface area contributed by atoms with E-state index in [1.165, 1.54) is 12.1 Å². The Hall–Kier alpha value is -4.08. The topological polar surface area (TPSA) is 134 Å². The molecule has 1 aliphatic carbocycles. The summed E-state index contributed by atoms with van der Waals surface area (Å²) in [6, 6.07) is 11.5. The summed E-state index contributed by atoms with van der Waals surface area (Å²) in [6.07, 6.45) is 1.69. The maximum atomic E-state index is 14.5. The largest absolute Gasteiger partial charge is 0.508 e. The molecule has 10 nitrogen and oxygen atoms in total. The van der Waals surface area contributed by atoms with Crippen LogP contribution in [0.25, 0.3) is 0 Å². The number of hydrogen-bond acceptors (Lipinski definition) is 7. The maximum Gasteiger partial charge on any atom is 0.408 e. The highest BCUT2D eigenvalue weighted by molar-refractivity contribution is 5.92. The fraction of sp³-hybridized carbons (Fsp3) is 0.500. The fourth-order valence-electron chi connectivity index (χ4n) is 4.69. The molecule has 0 saturated heterocycles. The number of benzene rings is 2. The monoisotopic (exact) mass is 581 g/mol. The van der Waals surface area contributed by atoms with E-state index in [-0.39, 0.29) is 37.8 Å². The van der Waals surface area contributed by atoms with Crippen LogP contribution in [-0.4, -0.2) is 64.7 Å². The smallest absolute Gasteiger partial charge is 0.408 e. The Balaban J connectivity index is 1.98. The van der Waals surface area contributed by atoms with E-state index in [2.05, 4.69) is 10.6 Å². The van der Waals surface area contributed by atoms with Crippen molar-refractivity contribution in [3.63, 3.8) is 0 Å². The number of alkyl carbamates (subject to hydrolysis) is 1. The molecule has 0 heterocycles. The van der Waals surface area contributed by atoms with Gasteiger partial charge in [-0.25, -0.2) is 4.79 Å². The molecule has 0 aliphatic heterocycles. The van der Waals surface area contributed by atoms with Crippen LogP contribution in [0.3, 0.4) is 0 Å². The Morgan fingerprint density at radius 3 is 2.21 bits per heavy atom. The minimum atomic E-state index is -1.05. The number of carbonyl (C=O) groups excluding carboxylic acids is 4. The van der Waals surface area contributed by atoms with Gasteiger partial charge >= 0.3 is 12.1 Å². The van der Waals surface area contributed by atoms with Gasteiger partial charge in [0.15, 0.2) is 0 Å². The van der Waals surface area contributed by atoms with Crippen molar-refractivity contribution in [2.45, 2.75) is 90.4 Å². The molecule has 2 atom stereocenters. The van der Waals surface area contributed by atoms with Crippen molar-refractivity contribution in [3.05, 3.63) is 65.2 Å². The van der Waals surface area contributed by atoms with E-state index < -0.39 is 41.6 Å². The summed E-state index contributed by atoms with van der Waals surface area (Å²) in [5, 5.41) is 15.3. The summed E-state index contributed by atoms with van der Waals surface area (Å²) in [6.45, 7) is 9.15. The van der Waals surface area contributed by atoms with Gasteiger partial charge in [-0.15, -0.1) is 0 Å². The second kappa shape index (κ2) is 14.7. The van der Waals surface area contributed by atoms with Crippen LogP contribution >= 0.6 is 0 Å². The first-order valence-corrected chi connectivity index (χ1v) is 14.5. The number of amides is 3. The number of phenolic OH excluding ortho intramolecular Hbond substituents is 1. The standard InChI is InChI=1S/C32H43N3O7/c1-6-41-27(37)18-19-33-29(38)28(23-14-10-21(2)11-15-23)35(24-8-7-9-24)30(39)26(34-31(40)42-32(3,4)5)20-22-12-16-25(36)17-13-22/h10-17,24,26,28,36H,6-9,18-20H2,1-5H3,(H,33,38)(H,34,40). The van der Waals surface area contributed by atoms with E-state index >= 15 is 0 Å². The predicted molar refractivity (Wildman–Crippen MR) is 158 cm³/mol. The summed E-state index contributed by atoms with van der Waals surface area (Å²) >= 11 is 0. The number of hydrogen-bond donors (Lipinski definition) is 3. The second-order valence-corrected chi connectivity index (χ2v) is 11.6. The van der Waals surface area contributed by atoms with Gasteiger partial charge in [-0.3, -0.25) is 14.4 Å². The van der Waals surface area contributed by atoms with Gasteiger partial charge < -0.3 is 30.1 Å². The molecule has 1 aliphatic rings. The number of nitrogens with zero attached hydrogens (tertiary/aromatic N) is 1. The van der Waals surface area contributed by atoms with Crippen molar-refractivity contribution in [3.8, 4) is 5.75 Å². The van der Waals surface area contributed by atoms with Crippen molar-refractivity contribution in [1.82, 2.24) is 15.5 Å². The van der Waals surface area contributed by atoms with Crippen LogP contribution in [0.1, 0.15) is 76.1 Å². The van der Waals surface area contributed by atoms with Crippen molar-refractivity contribution in [2.75, 3.05) is 13.2 Å². The van der Waals surface area contributed by atoms with Crippen LogP contribution in [0.15, 0.2) is 48.5 Å². The normalized spacial score (nSPS) is 14.6. The number of carbonyl (C=O) groups is 4. The number of aromatic hydroxyl groups is 1. The number of phenols is 1. The Morgan fingerprint density at radius 1 is 1.02 bits per heavy atom. The first kappa shape index (κ1) is 32.4. The van der Waals surface area contributed by atoms with Gasteiger partial charge in [0.05, 0.1) is 13.0 Å². The first-order valence-electron chi connectivity index (χ1n) is 14.5. The van der Waals surface area contributed by atoms with E-state index in [4.69, 9.17) is 9.47 Å². The molecule has 2 aromatic rings. The number of esters is 1. The lowest BCUT2D eigenvalue weighted by Gasteiger charge is -2.43. The summed E-state index contributed by atoms with van der Waals surface area (Å²) in [4.78, 5) is 54.6. The van der Waals surface area contributed by atoms with Crippen LogP contribution in [0, 0.1) is 6.92 Å². The molecule has 42 heavy (non-hydrogen) atoms. The lowest BCUT2D eigenvalue weighted by molar-refractivity contribution is -0.148. The van der Waals surface area contributed by atoms with E-state index in [9.17, 15) is 24.3 Å². The Morgan fingerprint density at radius 2 is 1.67 bits per heavy atom. The molecule has 2 unspecified atom stereocenters. The van der Waals surface area contributed by atoms with Gasteiger partial charge in [0.2, 0.25) is 11.8 Å². The van der Waals surface area contributed by atoms with Crippen LogP contribution in [0.2, 0.25) is 0 Å². The van der Waals surface area contributed by atoms with Crippen molar-refractivity contribution in [1.29, 1.82) is 0 Å². The Labute approximate surface area is 247 Å². The molecule has 1 fully saturated rings. The maximum absolute atomic E-state index is 14.5. The first-order chi connectivity index (χ1) is 19.9. The Kier molecular flexibility index (Phi) is 11.4. The lowest BCUT2D eigenvalue weighted by Crippen LogP contribution is -2.58. The number of ether oxygens (including phenoxy) is 2. The van der Waals surface area contributed by atoms with E-state index in [1.807, 2.05) is 31.2 Å². The number of aryl methyl sites for hydroxylation is 1. The molecular formula is C32H43N3O7. The molecule has 0 spiro atoms. The van der Waals surface area contributed by atoms with Crippen molar-refractivity contribution >= 4 is 23.9 Å². The summed E-state index contributed by atoms with van der Waals surface area (Å²) < 4.78 is 10.4. The third-order valence-electron chi connectivity index (χ3n) is 6.94. The molecule has 3 rings (SSSR count). The van der Waals surface area contributed by atoms with Gasteiger partial charge in [0, 0.05) is 19.0 Å². The van der Waals surface area contributed by atoms with Crippen LogP contribution < -0.4 is 10.6 Å². The number of rotatable bonds is 12. The minimum absolute atomic E-state index is 0.00124. The van der Waals surface area contributed by atoms with Crippen LogP contribution in [0.5, 0.6) is 5.75 Å². The molecule has 1 saturated carbocycles. The van der Waals surface area contributed by atoms with E-state index in [0.717, 1.165) is 12.0 Å². The van der Waals surface area contributed by atoms with Crippen LogP contribution in [-0.2, 0) is 30.3 Å². The summed E-state index contributed by atoms with van der Waals surface area (Å²) in [7, 11) is 0. The molecule has 3 N–H and O–H groups in total. The van der Waals surface area contributed by atoms with Gasteiger partial charge in [0.25, 0.3) is 0 Å². The Bertz CT molecular complexity index is 1220. The minimum Gasteiger partial charge on any atom is -0.508 e. The lowest BCUT2D eigenvalue weighted by atomic mass is 9.87.